The molecule has 1 aromatic carbocycles. The van der Waals surface area contributed by atoms with E-state index in [4.69, 9.17) is 0 Å². The van der Waals surface area contributed by atoms with Crippen LogP contribution in [-0.4, -0.2) is 28.5 Å². The van der Waals surface area contributed by atoms with Crippen LogP contribution in [0.3, 0.4) is 0 Å². The van der Waals surface area contributed by atoms with Crippen molar-refractivity contribution in [3.05, 3.63) is 52.8 Å². The average Bonchev–Trinajstić information content (AvgIpc) is 2.97. The number of alkyl halides is 3. The van der Waals surface area contributed by atoms with Crippen LogP contribution in [0.25, 0.3) is 0 Å². The van der Waals surface area contributed by atoms with Gasteiger partial charge in [-0.2, -0.15) is 18.3 Å². The van der Waals surface area contributed by atoms with Gasteiger partial charge in [0, 0.05) is 23.9 Å². The van der Waals surface area contributed by atoms with Crippen molar-refractivity contribution in [2.24, 2.45) is 7.05 Å². The summed E-state index contributed by atoms with van der Waals surface area (Å²) in [5, 5.41) is 7.27. The van der Waals surface area contributed by atoms with Gasteiger partial charge in [-0.05, 0) is 37.0 Å². The number of halogens is 3. The molecule has 1 heterocycles. The maximum Gasteiger partial charge on any atom is 0.411 e. The Morgan fingerprint density at radius 1 is 1.35 bits per heavy atom. The van der Waals surface area contributed by atoms with Gasteiger partial charge < -0.3 is 10.1 Å². The van der Waals surface area contributed by atoms with Crippen LogP contribution >= 0.6 is 0 Å². The molecule has 1 aromatic heterocycles. The van der Waals surface area contributed by atoms with Crippen molar-refractivity contribution in [3.8, 4) is 0 Å². The number of ether oxygens (including phenoxy) is 1. The smallest absolute Gasteiger partial charge is 0.367 e. The summed E-state index contributed by atoms with van der Waals surface area (Å²) in [6.45, 7) is -1.44. The lowest BCUT2D eigenvalue weighted by Gasteiger charge is -2.23. The van der Waals surface area contributed by atoms with Gasteiger partial charge in [-0.25, -0.2) is 0 Å². The lowest BCUT2D eigenvalue weighted by molar-refractivity contribution is -0.176. The largest absolute Gasteiger partial charge is 0.411 e. The van der Waals surface area contributed by atoms with Crippen LogP contribution in [0.15, 0.2) is 30.5 Å². The van der Waals surface area contributed by atoms with E-state index in [0.29, 0.717) is 11.1 Å². The number of carbonyl (C=O) groups excluding carboxylic acids is 1. The van der Waals surface area contributed by atoms with E-state index in [1.54, 1.807) is 30.5 Å². The van der Waals surface area contributed by atoms with Crippen molar-refractivity contribution in [1.29, 1.82) is 0 Å². The van der Waals surface area contributed by atoms with Crippen LogP contribution < -0.4 is 5.32 Å². The monoisotopic (exact) mass is 367 g/mol. The van der Waals surface area contributed by atoms with E-state index in [0.717, 1.165) is 30.5 Å². The summed E-state index contributed by atoms with van der Waals surface area (Å²) in [7, 11) is 1.89. The second kappa shape index (κ2) is 7.49. The van der Waals surface area contributed by atoms with Crippen LogP contribution in [0.5, 0.6) is 0 Å². The standard InChI is InChI=1S/C18H20F3N3O2/c1-24-16-4-2-3-15(14(16)9-22-24)23-17(25)13-7-5-12(6-8-13)10-26-11-18(19,20)21/h5-9,15H,2-4,10-11H2,1H3,(H,23,25)/t15-/m0/s1. The lowest BCUT2D eigenvalue weighted by atomic mass is 9.92. The summed E-state index contributed by atoms with van der Waals surface area (Å²) in [6.07, 6.45) is 0.233. The number of benzene rings is 1. The second-order valence-corrected chi connectivity index (χ2v) is 6.39. The molecule has 140 valence electrons. The number of carbonyl (C=O) groups is 1. The van der Waals surface area contributed by atoms with Gasteiger partial charge in [-0.15, -0.1) is 0 Å². The third-order valence-corrected chi connectivity index (χ3v) is 4.43. The number of aryl methyl sites for hydroxylation is 1. The summed E-state index contributed by atoms with van der Waals surface area (Å²) >= 11 is 0. The summed E-state index contributed by atoms with van der Waals surface area (Å²) in [4.78, 5) is 12.5. The molecule has 8 heteroatoms. The highest BCUT2D eigenvalue weighted by molar-refractivity contribution is 5.94. The van der Waals surface area contributed by atoms with Gasteiger partial charge in [0.05, 0.1) is 18.8 Å². The SMILES string of the molecule is Cn1ncc2c1CCC[C@@H]2NC(=O)c1ccc(COCC(F)(F)F)cc1. The molecule has 1 amide bonds. The Bertz CT molecular complexity index is 769. The third kappa shape index (κ3) is 4.43. The highest BCUT2D eigenvalue weighted by Gasteiger charge is 2.27. The number of fused-ring (bicyclic) bond motifs is 1. The Morgan fingerprint density at radius 3 is 2.77 bits per heavy atom. The molecule has 0 bridgehead atoms. The molecule has 1 aliphatic rings. The van der Waals surface area contributed by atoms with Crippen LogP contribution in [0.2, 0.25) is 0 Å². The van der Waals surface area contributed by atoms with E-state index in [9.17, 15) is 18.0 Å². The molecule has 1 N–H and O–H groups in total. The van der Waals surface area contributed by atoms with E-state index in [-0.39, 0.29) is 18.6 Å². The maximum absolute atomic E-state index is 12.5. The van der Waals surface area contributed by atoms with Gasteiger partial charge >= 0.3 is 6.18 Å². The molecule has 0 saturated carbocycles. The van der Waals surface area contributed by atoms with Crippen molar-refractivity contribution in [2.45, 2.75) is 38.1 Å². The van der Waals surface area contributed by atoms with E-state index in [1.165, 1.54) is 0 Å². The lowest BCUT2D eigenvalue weighted by Crippen LogP contribution is -2.30. The third-order valence-electron chi connectivity index (χ3n) is 4.43. The van der Waals surface area contributed by atoms with Crippen LogP contribution in [-0.2, 0) is 24.8 Å². The molecule has 0 spiro atoms. The number of aromatic nitrogens is 2. The number of amides is 1. The molecule has 0 fully saturated rings. The average molecular weight is 367 g/mol. The summed E-state index contributed by atoms with van der Waals surface area (Å²) in [6, 6.07) is 6.31. The van der Waals surface area contributed by atoms with Crippen molar-refractivity contribution >= 4 is 5.91 Å². The zero-order valence-corrected chi connectivity index (χ0v) is 14.3. The second-order valence-electron chi connectivity index (χ2n) is 6.39. The Morgan fingerprint density at radius 2 is 2.08 bits per heavy atom. The quantitative estimate of drug-likeness (QED) is 0.882. The normalized spacial score (nSPS) is 17.0. The van der Waals surface area contributed by atoms with Crippen molar-refractivity contribution in [3.63, 3.8) is 0 Å². The highest BCUT2D eigenvalue weighted by atomic mass is 19.4. The minimum atomic E-state index is -4.34. The minimum Gasteiger partial charge on any atom is -0.367 e. The first-order valence-corrected chi connectivity index (χ1v) is 8.38. The molecule has 0 aliphatic heterocycles. The molecule has 1 aliphatic carbocycles. The van der Waals surface area contributed by atoms with Crippen molar-refractivity contribution in [1.82, 2.24) is 15.1 Å². The van der Waals surface area contributed by atoms with Gasteiger partial charge in [0.15, 0.2) is 0 Å². The van der Waals surface area contributed by atoms with Crippen molar-refractivity contribution < 1.29 is 22.7 Å². The van der Waals surface area contributed by atoms with Gasteiger partial charge in [0.25, 0.3) is 5.91 Å². The molecule has 0 saturated heterocycles. The van der Waals surface area contributed by atoms with Crippen LogP contribution in [0, 0.1) is 0 Å². The number of nitrogens with zero attached hydrogens (tertiary/aromatic N) is 2. The first-order chi connectivity index (χ1) is 12.3. The van der Waals surface area contributed by atoms with E-state index in [1.807, 2.05) is 11.7 Å². The fourth-order valence-electron chi connectivity index (χ4n) is 3.13. The zero-order chi connectivity index (χ0) is 18.7. The van der Waals surface area contributed by atoms with Crippen LogP contribution in [0.4, 0.5) is 13.2 Å². The number of rotatable bonds is 5. The molecule has 0 unspecified atom stereocenters. The molecule has 26 heavy (non-hydrogen) atoms. The Kier molecular flexibility index (Phi) is 5.31. The summed E-state index contributed by atoms with van der Waals surface area (Å²) in [5.74, 6) is -0.213. The molecule has 1 atom stereocenters. The maximum atomic E-state index is 12.5. The number of nitrogens with one attached hydrogen (secondary N) is 1. The summed E-state index contributed by atoms with van der Waals surface area (Å²) in [5.41, 5.74) is 3.22. The van der Waals surface area contributed by atoms with Gasteiger partial charge in [0.1, 0.15) is 6.61 Å². The fraction of sp³-hybridized carbons (Fsp3) is 0.444. The van der Waals surface area contributed by atoms with Gasteiger partial charge in [-0.1, -0.05) is 12.1 Å². The van der Waals surface area contributed by atoms with Crippen LogP contribution in [0.1, 0.15) is 46.1 Å². The van der Waals surface area contributed by atoms with Gasteiger partial charge in [-0.3, -0.25) is 9.48 Å². The predicted molar refractivity (Wildman–Crippen MR) is 88.5 cm³/mol. The number of hydrogen-bond acceptors (Lipinski definition) is 3. The minimum absolute atomic E-state index is 0.0743. The molecular weight excluding hydrogens is 347 g/mol. The molecule has 2 aromatic rings. The van der Waals surface area contributed by atoms with Gasteiger partial charge in [0.2, 0.25) is 0 Å². The molecular formula is C18H20F3N3O2. The van der Waals surface area contributed by atoms with E-state index in [2.05, 4.69) is 15.2 Å². The Balaban J connectivity index is 1.59. The van der Waals surface area contributed by atoms with E-state index >= 15 is 0 Å². The van der Waals surface area contributed by atoms with E-state index < -0.39 is 12.8 Å². The first-order valence-electron chi connectivity index (χ1n) is 8.38. The predicted octanol–water partition coefficient (Wildman–Crippen LogP) is 3.31. The zero-order valence-electron chi connectivity index (χ0n) is 14.3. The first kappa shape index (κ1) is 18.4. The molecule has 3 rings (SSSR count). The summed E-state index contributed by atoms with van der Waals surface area (Å²) < 4.78 is 42.7. The Labute approximate surface area is 149 Å². The number of hydrogen-bond donors (Lipinski definition) is 1. The Hall–Kier alpha value is -2.35. The van der Waals surface area contributed by atoms with Crippen molar-refractivity contribution in [2.75, 3.05) is 6.61 Å². The molecule has 0 radical (unpaired) electrons. The topological polar surface area (TPSA) is 56.2 Å². The molecule has 5 nitrogen and oxygen atoms in total. The highest BCUT2D eigenvalue weighted by Crippen LogP contribution is 2.29. The fourth-order valence-corrected chi connectivity index (χ4v) is 3.13.